The largest absolute Gasteiger partial charge is 0.478 e. The number of carbonyl (C=O) groups is 3. The van der Waals surface area contributed by atoms with Crippen LogP contribution >= 0.6 is 0 Å². The van der Waals surface area contributed by atoms with Gasteiger partial charge in [0.05, 0.1) is 6.10 Å². The molecule has 6 heteroatoms. The molecule has 0 aromatic heterocycles. The molecule has 212 valence electrons. The van der Waals surface area contributed by atoms with Crippen molar-refractivity contribution in [3.8, 4) is 0 Å². The van der Waals surface area contributed by atoms with Gasteiger partial charge >= 0.3 is 11.9 Å². The van der Waals surface area contributed by atoms with Crippen molar-refractivity contribution in [2.24, 2.45) is 39.4 Å². The zero-order valence-corrected chi connectivity index (χ0v) is 24.6. The van der Waals surface area contributed by atoms with Gasteiger partial charge in [0, 0.05) is 29.7 Å². The Kier molecular flexibility index (Phi) is 7.34. The maximum absolute atomic E-state index is 12.9. The second kappa shape index (κ2) is 9.60. The number of hydrogen-bond acceptors (Lipinski definition) is 5. The van der Waals surface area contributed by atoms with Gasteiger partial charge < -0.3 is 14.9 Å². The number of Topliss-reactive ketones (excluding diaryl/α,β-unsaturated/α-hetero) is 1. The van der Waals surface area contributed by atoms with Gasteiger partial charge in [-0.2, -0.15) is 0 Å². The van der Waals surface area contributed by atoms with Crippen molar-refractivity contribution >= 4 is 17.7 Å². The van der Waals surface area contributed by atoms with E-state index in [-0.39, 0.29) is 34.7 Å². The Bertz CT molecular complexity index is 1080. The number of hydrogen-bond donors (Lipinski definition) is 2. The molecule has 0 aromatic rings. The number of ether oxygens (including phenoxy) is 1. The van der Waals surface area contributed by atoms with Crippen LogP contribution in [0, 0.1) is 39.4 Å². The second-order valence-corrected chi connectivity index (χ2v) is 14.1. The fourth-order valence-corrected chi connectivity index (χ4v) is 9.57. The first-order valence-electron chi connectivity index (χ1n) is 14.5. The first-order valence-corrected chi connectivity index (χ1v) is 14.5. The van der Waals surface area contributed by atoms with Gasteiger partial charge in [-0.3, -0.25) is 9.59 Å². The molecule has 2 saturated carbocycles. The number of aliphatic carboxylic acids is 1. The molecule has 0 saturated heterocycles. The molecule has 0 radical (unpaired) electrons. The van der Waals surface area contributed by atoms with Crippen molar-refractivity contribution < 1.29 is 29.3 Å². The highest BCUT2D eigenvalue weighted by molar-refractivity contribution is 5.86. The zero-order chi connectivity index (χ0) is 28.4. The summed E-state index contributed by atoms with van der Waals surface area (Å²) in [6, 6.07) is 0. The summed E-state index contributed by atoms with van der Waals surface area (Å²) in [7, 11) is 0. The third-order valence-electron chi connectivity index (χ3n) is 12.0. The van der Waals surface area contributed by atoms with E-state index in [4.69, 9.17) is 4.74 Å². The molecule has 0 amide bonds. The van der Waals surface area contributed by atoms with Crippen molar-refractivity contribution in [2.75, 3.05) is 0 Å². The van der Waals surface area contributed by atoms with Gasteiger partial charge in [0.15, 0.2) is 0 Å². The van der Waals surface area contributed by atoms with Crippen LogP contribution in [0.5, 0.6) is 0 Å². The molecule has 0 spiro atoms. The molecule has 4 aliphatic carbocycles. The van der Waals surface area contributed by atoms with E-state index < -0.39 is 22.9 Å². The van der Waals surface area contributed by atoms with Crippen LogP contribution in [0.25, 0.3) is 0 Å². The van der Waals surface area contributed by atoms with Gasteiger partial charge in [0.25, 0.3) is 0 Å². The molecule has 6 nitrogen and oxygen atoms in total. The Morgan fingerprint density at radius 2 is 1.74 bits per heavy atom. The number of esters is 1. The van der Waals surface area contributed by atoms with Gasteiger partial charge in [0.1, 0.15) is 11.9 Å². The van der Waals surface area contributed by atoms with Crippen LogP contribution < -0.4 is 0 Å². The van der Waals surface area contributed by atoms with Crippen LogP contribution in [0.1, 0.15) is 107 Å². The lowest BCUT2D eigenvalue weighted by atomic mass is 9.42. The molecule has 2 fully saturated rings. The van der Waals surface area contributed by atoms with Crippen molar-refractivity contribution in [3.05, 3.63) is 22.8 Å². The molecule has 4 rings (SSSR count). The summed E-state index contributed by atoms with van der Waals surface area (Å²) >= 11 is 0. The predicted octanol–water partition coefficient (Wildman–Crippen LogP) is 6.26. The lowest BCUT2D eigenvalue weighted by Crippen LogP contribution is -2.58. The van der Waals surface area contributed by atoms with Crippen LogP contribution in [0.15, 0.2) is 22.8 Å². The summed E-state index contributed by atoms with van der Waals surface area (Å²) in [4.78, 5) is 36.5. The number of carboxylic acids is 1. The summed E-state index contributed by atoms with van der Waals surface area (Å²) in [5.41, 5.74) is 1.45. The second-order valence-electron chi connectivity index (χ2n) is 14.1. The first kappa shape index (κ1) is 29.0. The molecule has 38 heavy (non-hydrogen) atoms. The highest BCUT2D eigenvalue weighted by atomic mass is 16.5. The highest BCUT2D eigenvalue weighted by Crippen LogP contribution is 2.72. The third kappa shape index (κ3) is 4.12. The predicted molar refractivity (Wildman–Crippen MR) is 146 cm³/mol. The normalized spacial score (nSPS) is 41.2. The molecular formula is C32H48O6. The molecule has 0 heterocycles. The van der Waals surface area contributed by atoms with E-state index in [0.29, 0.717) is 36.5 Å². The van der Waals surface area contributed by atoms with Gasteiger partial charge in [-0.05, 0) is 86.0 Å². The maximum atomic E-state index is 12.9. The quantitative estimate of drug-likeness (QED) is 0.240. The monoisotopic (exact) mass is 528 g/mol. The number of carboxylic acid groups (broad SMARTS) is 1. The number of allylic oxidation sites excluding steroid dienone is 2. The Morgan fingerprint density at radius 3 is 2.34 bits per heavy atom. The van der Waals surface area contributed by atoms with E-state index in [1.165, 1.54) is 12.5 Å². The van der Waals surface area contributed by atoms with Crippen LogP contribution in [0.4, 0.5) is 0 Å². The summed E-state index contributed by atoms with van der Waals surface area (Å²) in [6.07, 6.45) is 6.89. The molecule has 0 aromatic carbocycles. The third-order valence-corrected chi connectivity index (χ3v) is 12.0. The minimum absolute atomic E-state index is 0.0884. The minimum atomic E-state index is -0.884. The zero-order valence-electron chi connectivity index (χ0n) is 24.6. The number of ketones is 1. The smallest absolute Gasteiger partial charge is 0.330 e. The van der Waals surface area contributed by atoms with Crippen LogP contribution in [0.2, 0.25) is 0 Å². The topological polar surface area (TPSA) is 101 Å². The molecule has 3 unspecified atom stereocenters. The number of carbonyl (C=O) groups excluding carboxylic acids is 2. The van der Waals surface area contributed by atoms with Crippen molar-refractivity contribution in [1.82, 2.24) is 0 Å². The van der Waals surface area contributed by atoms with E-state index >= 15 is 0 Å². The average molecular weight is 529 g/mol. The highest BCUT2D eigenvalue weighted by Gasteiger charge is 2.69. The Labute approximate surface area is 228 Å². The molecule has 2 N–H and O–H groups in total. The summed E-state index contributed by atoms with van der Waals surface area (Å²) in [5, 5.41) is 21.1. The number of aliphatic hydroxyl groups excluding tert-OH is 1. The Balaban J connectivity index is 1.77. The average Bonchev–Trinajstić information content (AvgIpc) is 3.05. The SMILES string of the molecule is CC(=O)OC1CC([C@H](C)CC/C=C(\C)C(=O)O)[C@@]2(C)CCC3=C([C@H](O)CC4C(C)(C)C(=O)CC[C@]34C)[C@]12C. The van der Waals surface area contributed by atoms with Gasteiger partial charge in [0.2, 0.25) is 0 Å². The Morgan fingerprint density at radius 1 is 1.08 bits per heavy atom. The molecule has 0 aliphatic heterocycles. The van der Waals surface area contributed by atoms with E-state index in [0.717, 1.165) is 37.7 Å². The summed E-state index contributed by atoms with van der Waals surface area (Å²) in [5.74, 6) is -0.223. The van der Waals surface area contributed by atoms with Gasteiger partial charge in [-0.25, -0.2) is 4.79 Å². The van der Waals surface area contributed by atoms with Crippen LogP contribution in [0.3, 0.4) is 0 Å². The minimum Gasteiger partial charge on any atom is -0.478 e. The van der Waals surface area contributed by atoms with E-state index in [1.54, 1.807) is 13.0 Å². The first-order chi connectivity index (χ1) is 17.5. The van der Waals surface area contributed by atoms with E-state index in [9.17, 15) is 24.6 Å². The fraction of sp³-hybridized carbons (Fsp3) is 0.781. The fourth-order valence-electron chi connectivity index (χ4n) is 9.57. The van der Waals surface area contributed by atoms with Crippen LogP contribution in [-0.4, -0.2) is 40.1 Å². The van der Waals surface area contributed by atoms with Crippen molar-refractivity contribution in [2.45, 2.75) is 119 Å². The van der Waals surface area contributed by atoms with Gasteiger partial charge in [-0.1, -0.05) is 53.2 Å². The maximum Gasteiger partial charge on any atom is 0.330 e. The molecule has 4 aliphatic rings. The number of rotatable bonds is 6. The van der Waals surface area contributed by atoms with E-state index in [1.807, 2.05) is 0 Å². The lowest BCUT2D eigenvalue weighted by molar-refractivity contribution is -0.155. The number of aliphatic hydroxyl groups is 1. The van der Waals surface area contributed by atoms with Crippen molar-refractivity contribution in [1.29, 1.82) is 0 Å². The molecule has 8 atom stereocenters. The summed E-state index contributed by atoms with van der Waals surface area (Å²) in [6.45, 7) is 16.3. The standard InChI is InChI=1S/C32H48O6/c1-18(10-9-11-19(2)28(36)37)22-16-26(38-20(3)33)32(8)27-21(12-15-31(22,32)7)30(6)14-13-25(35)29(4,5)24(30)17-23(27)34/h11,18,22-24,26,34H,9-10,12-17H2,1-8H3,(H,36,37)/b19-11+/t18-,22?,23-,24?,26?,30-,31-,32+/m1/s1. The summed E-state index contributed by atoms with van der Waals surface area (Å²) < 4.78 is 6.10. The van der Waals surface area contributed by atoms with Crippen molar-refractivity contribution in [3.63, 3.8) is 0 Å². The van der Waals surface area contributed by atoms with E-state index in [2.05, 4.69) is 41.5 Å². The van der Waals surface area contributed by atoms with Crippen LogP contribution in [-0.2, 0) is 19.1 Å². The molecular weight excluding hydrogens is 480 g/mol. The van der Waals surface area contributed by atoms with Gasteiger partial charge in [-0.15, -0.1) is 0 Å². The number of fused-ring (bicyclic) bond motifs is 4. The molecule has 0 bridgehead atoms. The lowest BCUT2D eigenvalue weighted by Gasteiger charge is -2.62. The Hall–Kier alpha value is -1.95.